The number of carbonyl (C=O) groups is 2. The van der Waals surface area contributed by atoms with Crippen LogP contribution in [0.5, 0.6) is 11.5 Å². The molecule has 0 spiro atoms. The molecule has 0 radical (unpaired) electrons. The van der Waals surface area contributed by atoms with Crippen molar-refractivity contribution in [1.82, 2.24) is 5.32 Å². The zero-order valence-corrected chi connectivity index (χ0v) is 18.0. The Hall–Kier alpha value is -2.70. The number of benzene rings is 2. The van der Waals surface area contributed by atoms with Crippen molar-refractivity contribution >= 4 is 46.8 Å². The van der Waals surface area contributed by atoms with E-state index in [1.807, 2.05) is 13.8 Å². The molecule has 154 valence electrons. The number of rotatable bonds is 7. The van der Waals surface area contributed by atoms with Gasteiger partial charge in [-0.15, -0.1) is 0 Å². The van der Waals surface area contributed by atoms with E-state index in [0.29, 0.717) is 38.4 Å². The highest BCUT2D eigenvalue weighted by molar-refractivity contribution is 6.32. The van der Waals surface area contributed by atoms with Gasteiger partial charge in [0.15, 0.2) is 11.5 Å². The van der Waals surface area contributed by atoms with Crippen LogP contribution in [-0.4, -0.2) is 32.1 Å². The predicted octanol–water partition coefficient (Wildman–Crippen LogP) is 4.80. The molecule has 0 aliphatic rings. The van der Waals surface area contributed by atoms with E-state index in [1.165, 1.54) is 26.4 Å². The summed E-state index contributed by atoms with van der Waals surface area (Å²) in [7, 11) is 2.99. The zero-order valence-electron chi connectivity index (χ0n) is 16.5. The van der Waals surface area contributed by atoms with Crippen LogP contribution in [0.1, 0.15) is 29.8 Å². The number of carbonyl (C=O) groups excluding carboxylic acids is 2. The number of amides is 2. The average Bonchev–Trinajstić information content (AvgIpc) is 2.65. The first kappa shape index (κ1) is 22.6. The normalized spacial score (nSPS) is 10.9. The SMILES string of the molecule is COc1cc(/C=C/C(=O)Nc2cc(Cl)ccc2C(=O)NC(C)C)cc(Cl)c1OC. The molecule has 2 aromatic rings. The summed E-state index contributed by atoms with van der Waals surface area (Å²) in [5.74, 6) is 0.123. The Morgan fingerprint density at radius 1 is 1.07 bits per heavy atom. The summed E-state index contributed by atoms with van der Waals surface area (Å²) >= 11 is 12.2. The molecule has 0 saturated heterocycles. The molecule has 0 unspecified atom stereocenters. The monoisotopic (exact) mass is 436 g/mol. The third kappa shape index (κ3) is 6.14. The number of hydrogen-bond acceptors (Lipinski definition) is 4. The Morgan fingerprint density at radius 3 is 2.41 bits per heavy atom. The highest BCUT2D eigenvalue weighted by Crippen LogP contribution is 2.36. The van der Waals surface area contributed by atoms with E-state index in [9.17, 15) is 9.59 Å². The first-order chi connectivity index (χ1) is 13.7. The summed E-state index contributed by atoms with van der Waals surface area (Å²) in [5, 5.41) is 6.23. The summed E-state index contributed by atoms with van der Waals surface area (Å²) in [6.07, 6.45) is 2.89. The van der Waals surface area contributed by atoms with Crippen molar-refractivity contribution < 1.29 is 19.1 Å². The Labute approximate surface area is 179 Å². The molecule has 2 N–H and O–H groups in total. The summed E-state index contributed by atoms with van der Waals surface area (Å²) in [5.41, 5.74) is 1.28. The number of methoxy groups -OCH3 is 2. The molecule has 0 saturated carbocycles. The molecule has 0 aromatic heterocycles. The molecule has 0 heterocycles. The maximum atomic E-state index is 12.4. The topological polar surface area (TPSA) is 76.7 Å². The van der Waals surface area contributed by atoms with Crippen molar-refractivity contribution in [1.29, 1.82) is 0 Å². The third-order valence-electron chi connectivity index (χ3n) is 3.79. The van der Waals surface area contributed by atoms with Crippen LogP contribution in [0, 0.1) is 0 Å². The van der Waals surface area contributed by atoms with Gasteiger partial charge in [-0.1, -0.05) is 23.2 Å². The zero-order chi connectivity index (χ0) is 21.6. The van der Waals surface area contributed by atoms with Crippen molar-refractivity contribution in [3.05, 3.63) is 57.6 Å². The standard InChI is InChI=1S/C21H22Cl2N2O4/c1-12(2)24-21(27)15-7-6-14(22)11-17(15)25-19(26)8-5-13-9-16(23)20(29-4)18(10-13)28-3/h5-12H,1-4H3,(H,24,27)(H,25,26)/b8-5+. The summed E-state index contributed by atoms with van der Waals surface area (Å²) in [6, 6.07) is 7.97. The molecular weight excluding hydrogens is 415 g/mol. The molecule has 8 heteroatoms. The fourth-order valence-corrected chi connectivity index (χ4v) is 3.01. The van der Waals surface area contributed by atoms with Gasteiger partial charge in [0.1, 0.15) is 0 Å². The lowest BCUT2D eigenvalue weighted by molar-refractivity contribution is -0.111. The van der Waals surface area contributed by atoms with Crippen molar-refractivity contribution in [3.63, 3.8) is 0 Å². The Balaban J connectivity index is 2.22. The van der Waals surface area contributed by atoms with E-state index in [0.717, 1.165) is 0 Å². The second-order valence-electron chi connectivity index (χ2n) is 6.38. The molecule has 2 aromatic carbocycles. The Bertz CT molecular complexity index is 943. The van der Waals surface area contributed by atoms with Crippen molar-refractivity contribution in [3.8, 4) is 11.5 Å². The maximum Gasteiger partial charge on any atom is 0.253 e. The lowest BCUT2D eigenvalue weighted by Gasteiger charge is -2.13. The summed E-state index contributed by atoms with van der Waals surface area (Å²) in [4.78, 5) is 24.7. The Kier molecular flexibility index (Phi) is 7.93. The first-order valence-electron chi connectivity index (χ1n) is 8.76. The number of nitrogens with one attached hydrogen (secondary N) is 2. The minimum atomic E-state index is -0.434. The van der Waals surface area contributed by atoms with Gasteiger partial charge in [-0.3, -0.25) is 9.59 Å². The molecule has 0 fully saturated rings. The van der Waals surface area contributed by atoms with E-state index in [2.05, 4.69) is 10.6 Å². The van der Waals surface area contributed by atoms with Crippen LogP contribution < -0.4 is 20.1 Å². The van der Waals surface area contributed by atoms with E-state index < -0.39 is 5.91 Å². The highest BCUT2D eigenvalue weighted by atomic mass is 35.5. The number of hydrogen-bond donors (Lipinski definition) is 2. The highest BCUT2D eigenvalue weighted by Gasteiger charge is 2.14. The van der Waals surface area contributed by atoms with Crippen LogP contribution in [0.4, 0.5) is 5.69 Å². The van der Waals surface area contributed by atoms with Gasteiger partial charge in [-0.2, -0.15) is 0 Å². The smallest absolute Gasteiger partial charge is 0.253 e. The van der Waals surface area contributed by atoms with Crippen LogP contribution >= 0.6 is 23.2 Å². The van der Waals surface area contributed by atoms with E-state index in [-0.39, 0.29) is 11.9 Å². The second-order valence-corrected chi connectivity index (χ2v) is 7.22. The molecule has 0 atom stereocenters. The van der Waals surface area contributed by atoms with Crippen molar-refractivity contribution in [2.45, 2.75) is 19.9 Å². The minimum Gasteiger partial charge on any atom is -0.493 e. The summed E-state index contributed by atoms with van der Waals surface area (Å²) in [6.45, 7) is 3.70. The second kappa shape index (κ2) is 10.2. The molecule has 29 heavy (non-hydrogen) atoms. The van der Waals surface area contributed by atoms with Gasteiger partial charge in [0, 0.05) is 17.1 Å². The van der Waals surface area contributed by atoms with Gasteiger partial charge in [0.25, 0.3) is 5.91 Å². The lowest BCUT2D eigenvalue weighted by atomic mass is 10.1. The number of halogens is 2. The van der Waals surface area contributed by atoms with Crippen LogP contribution in [-0.2, 0) is 4.79 Å². The predicted molar refractivity (Wildman–Crippen MR) is 116 cm³/mol. The van der Waals surface area contributed by atoms with Crippen molar-refractivity contribution in [2.24, 2.45) is 0 Å². The molecule has 2 rings (SSSR count). The fourth-order valence-electron chi connectivity index (χ4n) is 2.54. The third-order valence-corrected chi connectivity index (χ3v) is 4.30. The van der Waals surface area contributed by atoms with E-state index in [1.54, 1.807) is 30.3 Å². The van der Waals surface area contributed by atoms with E-state index >= 15 is 0 Å². The molecule has 6 nitrogen and oxygen atoms in total. The molecule has 0 aliphatic heterocycles. The largest absolute Gasteiger partial charge is 0.493 e. The molecular formula is C21H22Cl2N2O4. The van der Waals surface area contributed by atoms with Crippen LogP contribution in [0.15, 0.2) is 36.4 Å². The van der Waals surface area contributed by atoms with Gasteiger partial charge >= 0.3 is 0 Å². The van der Waals surface area contributed by atoms with Gasteiger partial charge in [-0.05, 0) is 55.8 Å². The van der Waals surface area contributed by atoms with Gasteiger partial charge in [0.2, 0.25) is 5.91 Å². The average molecular weight is 437 g/mol. The first-order valence-corrected chi connectivity index (χ1v) is 9.51. The number of ether oxygens (including phenoxy) is 2. The van der Waals surface area contributed by atoms with Gasteiger partial charge in [0.05, 0.1) is 30.5 Å². The van der Waals surface area contributed by atoms with Gasteiger partial charge in [-0.25, -0.2) is 0 Å². The molecule has 0 bridgehead atoms. The minimum absolute atomic E-state index is 0.0450. The quantitative estimate of drug-likeness (QED) is 0.610. The van der Waals surface area contributed by atoms with Gasteiger partial charge < -0.3 is 20.1 Å². The fraction of sp³-hybridized carbons (Fsp3) is 0.238. The lowest BCUT2D eigenvalue weighted by Crippen LogP contribution is -2.31. The Morgan fingerprint density at radius 2 is 1.79 bits per heavy atom. The summed E-state index contributed by atoms with van der Waals surface area (Å²) < 4.78 is 10.4. The molecule has 2 amide bonds. The van der Waals surface area contributed by atoms with Crippen LogP contribution in [0.3, 0.4) is 0 Å². The number of anilines is 1. The van der Waals surface area contributed by atoms with Crippen LogP contribution in [0.25, 0.3) is 6.08 Å². The maximum absolute atomic E-state index is 12.4. The van der Waals surface area contributed by atoms with Crippen molar-refractivity contribution in [2.75, 3.05) is 19.5 Å². The molecule has 0 aliphatic carbocycles. The van der Waals surface area contributed by atoms with Crippen LogP contribution in [0.2, 0.25) is 10.0 Å². The van der Waals surface area contributed by atoms with E-state index in [4.69, 9.17) is 32.7 Å².